The molecule has 0 spiro atoms. The number of carboxylic acids is 1. The number of aliphatic carboxylic acids is 1. The Kier molecular flexibility index (Phi) is 5.58. The van der Waals surface area contributed by atoms with Crippen LogP contribution in [0.5, 0.6) is 0 Å². The van der Waals surface area contributed by atoms with Crippen LogP contribution >= 0.6 is 15.9 Å². The number of carbonyl (C=O) groups is 2. The molecule has 1 N–H and O–H groups in total. The largest absolute Gasteiger partial charge is 0.480 e. The fraction of sp³-hybridized carbons (Fsp3) is 0.263. The quantitative estimate of drug-likeness (QED) is 0.776. The first-order valence-electron chi connectivity index (χ1n) is 8.06. The summed E-state index contributed by atoms with van der Waals surface area (Å²) in [6, 6.07) is 16.9. The molecule has 0 aromatic heterocycles. The molecule has 2 aromatic rings. The smallest absolute Gasteiger partial charge is 0.410 e. The summed E-state index contributed by atoms with van der Waals surface area (Å²) in [6.07, 6.45) is -0.444. The van der Waals surface area contributed by atoms with Gasteiger partial charge in [0.25, 0.3) is 0 Å². The Morgan fingerprint density at radius 3 is 2.35 bits per heavy atom. The first-order chi connectivity index (χ1) is 12.5. The fourth-order valence-corrected chi connectivity index (χ4v) is 3.09. The van der Waals surface area contributed by atoms with E-state index in [2.05, 4.69) is 15.9 Å². The Morgan fingerprint density at radius 1 is 1.08 bits per heavy atom. The third-order valence-corrected chi connectivity index (χ3v) is 4.73. The van der Waals surface area contributed by atoms with Crippen LogP contribution in [0.4, 0.5) is 4.79 Å². The minimum atomic E-state index is -1.05. The van der Waals surface area contributed by atoms with E-state index in [1.807, 2.05) is 54.6 Å². The summed E-state index contributed by atoms with van der Waals surface area (Å²) in [5, 5.41) is 8.94. The summed E-state index contributed by atoms with van der Waals surface area (Å²) in [6.45, 7) is 0.255. The molecule has 0 saturated carbocycles. The average molecular weight is 420 g/mol. The predicted molar refractivity (Wildman–Crippen MR) is 97.6 cm³/mol. The van der Waals surface area contributed by atoms with Gasteiger partial charge in [-0.05, 0) is 23.3 Å². The Morgan fingerprint density at radius 2 is 1.73 bits per heavy atom. The van der Waals surface area contributed by atoms with Crippen molar-refractivity contribution in [3.05, 3.63) is 70.2 Å². The molecule has 0 unspecified atom stereocenters. The third kappa shape index (κ3) is 4.23. The zero-order chi connectivity index (χ0) is 18.6. The number of carbonyl (C=O) groups excluding carboxylic acids is 1. The van der Waals surface area contributed by atoms with E-state index >= 15 is 0 Å². The van der Waals surface area contributed by atoms with E-state index in [9.17, 15) is 9.59 Å². The molecule has 7 heteroatoms. The lowest BCUT2D eigenvalue weighted by Gasteiger charge is -2.48. The summed E-state index contributed by atoms with van der Waals surface area (Å²) in [5.74, 6) is -1.05. The highest BCUT2D eigenvalue weighted by Gasteiger charge is 2.48. The van der Waals surface area contributed by atoms with Gasteiger partial charge >= 0.3 is 12.1 Å². The van der Waals surface area contributed by atoms with Crippen molar-refractivity contribution in [3.8, 4) is 0 Å². The van der Waals surface area contributed by atoms with E-state index in [0.29, 0.717) is 0 Å². The Bertz CT molecular complexity index is 772. The van der Waals surface area contributed by atoms with E-state index < -0.39 is 24.3 Å². The molecule has 2 aromatic carbocycles. The minimum Gasteiger partial charge on any atom is -0.480 e. The first kappa shape index (κ1) is 18.4. The molecule has 6 nitrogen and oxygen atoms in total. The SMILES string of the molecule is O=C(O)COC1(c2ccc(Br)cc2)CN(C(=O)OCc2ccccc2)C1. The van der Waals surface area contributed by atoms with Gasteiger partial charge in [-0.1, -0.05) is 58.4 Å². The van der Waals surface area contributed by atoms with Crippen LogP contribution in [0.1, 0.15) is 11.1 Å². The van der Waals surface area contributed by atoms with Gasteiger partial charge in [-0.15, -0.1) is 0 Å². The van der Waals surface area contributed by atoms with Gasteiger partial charge in [0.1, 0.15) is 18.8 Å². The van der Waals surface area contributed by atoms with Gasteiger partial charge in [-0.25, -0.2) is 9.59 Å². The highest BCUT2D eigenvalue weighted by molar-refractivity contribution is 9.10. The molecule has 1 aliphatic rings. The van der Waals surface area contributed by atoms with Crippen molar-refractivity contribution in [2.75, 3.05) is 19.7 Å². The lowest BCUT2D eigenvalue weighted by atomic mass is 9.86. The third-order valence-electron chi connectivity index (χ3n) is 4.20. The maximum atomic E-state index is 12.2. The molecule has 0 atom stereocenters. The standard InChI is InChI=1S/C19H18BrNO5/c20-16-8-6-15(7-9-16)19(26-11-17(22)23)12-21(13-19)18(24)25-10-14-4-2-1-3-5-14/h1-9H,10-13H2,(H,22,23). The van der Waals surface area contributed by atoms with Gasteiger partial charge < -0.3 is 19.5 Å². The van der Waals surface area contributed by atoms with Crippen LogP contribution in [-0.2, 0) is 26.5 Å². The van der Waals surface area contributed by atoms with Crippen molar-refractivity contribution in [3.63, 3.8) is 0 Å². The number of likely N-dealkylation sites (tertiary alicyclic amines) is 1. The van der Waals surface area contributed by atoms with Gasteiger partial charge in [-0.2, -0.15) is 0 Å². The zero-order valence-electron chi connectivity index (χ0n) is 13.9. The second kappa shape index (κ2) is 7.88. The number of carboxylic acid groups (broad SMARTS) is 1. The van der Waals surface area contributed by atoms with Crippen LogP contribution in [-0.4, -0.2) is 41.8 Å². The summed E-state index contributed by atoms with van der Waals surface area (Å²) < 4.78 is 11.9. The molecule has 1 fully saturated rings. The van der Waals surface area contributed by atoms with Gasteiger partial charge in [0.2, 0.25) is 0 Å². The van der Waals surface area contributed by atoms with Crippen LogP contribution in [0.15, 0.2) is 59.1 Å². The number of rotatable bonds is 6. The molecule has 1 amide bonds. The molecule has 3 rings (SSSR count). The number of benzene rings is 2. The topological polar surface area (TPSA) is 76.1 Å². The molecular weight excluding hydrogens is 402 g/mol. The van der Waals surface area contributed by atoms with E-state index in [4.69, 9.17) is 14.6 Å². The number of halogens is 1. The van der Waals surface area contributed by atoms with Crippen molar-refractivity contribution in [2.24, 2.45) is 0 Å². The number of hydrogen-bond donors (Lipinski definition) is 1. The molecule has 1 saturated heterocycles. The Balaban J connectivity index is 1.63. The van der Waals surface area contributed by atoms with Gasteiger partial charge in [0.15, 0.2) is 0 Å². The van der Waals surface area contributed by atoms with Crippen molar-refractivity contribution in [2.45, 2.75) is 12.2 Å². The zero-order valence-corrected chi connectivity index (χ0v) is 15.5. The summed E-state index contributed by atoms with van der Waals surface area (Å²) in [7, 11) is 0. The fourth-order valence-electron chi connectivity index (χ4n) is 2.82. The molecule has 0 bridgehead atoms. The molecule has 1 heterocycles. The van der Waals surface area contributed by atoms with E-state index in [-0.39, 0.29) is 19.7 Å². The molecule has 136 valence electrons. The second-order valence-electron chi connectivity index (χ2n) is 6.08. The maximum Gasteiger partial charge on any atom is 0.410 e. The normalized spacial score (nSPS) is 15.2. The summed E-state index contributed by atoms with van der Waals surface area (Å²) >= 11 is 3.37. The highest BCUT2D eigenvalue weighted by atomic mass is 79.9. The lowest BCUT2D eigenvalue weighted by molar-refractivity contribution is -0.168. The number of nitrogens with zero attached hydrogens (tertiary/aromatic N) is 1. The van der Waals surface area contributed by atoms with Gasteiger partial charge in [0.05, 0.1) is 13.1 Å². The van der Waals surface area contributed by atoms with Crippen LogP contribution < -0.4 is 0 Å². The average Bonchev–Trinajstić information content (AvgIpc) is 2.61. The summed E-state index contributed by atoms with van der Waals surface area (Å²) in [5.41, 5.74) is 0.905. The van der Waals surface area contributed by atoms with Crippen molar-refractivity contribution in [1.82, 2.24) is 4.90 Å². The number of amides is 1. The van der Waals surface area contributed by atoms with Crippen LogP contribution in [0.3, 0.4) is 0 Å². The van der Waals surface area contributed by atoms with Gasteiger partial charge in [0, 0.05) is 4.47 Å². The van der Waals surface area contributed by atoms with E-state index in [1.165, 1.54) is 4.90 Å². The Labute approximate surface area is 159 Å². The maximum absolute atomic E-state index is 12.2. The number of ether oxygens (including phenoxy) is 2. The van der Waals surface area contributed by atoms with Crippen molar-refractivity contribution in [1.29, 1.82) is 0 Å². The van der Waals surface area contributed by atoms with Crippen LogP contribution in [0.2, 0.25) is 0 Å². The van der Waals surface area contributed by atoms with E-state index in [1.54, 1.807) is 0 Å². The first-order valence-corrected chi connectivity index (χ1v) is 8.85. The minimum absolute atomic E-state index is 0.192. The van der Waals surface area contributed by atoms with Gasteiger partial charge in [-0.3, -0.25) is 0 Å². The molecule has 26 heavy (non-hydrogen) atoms. The van der Waals surface area contributed by atoms with E-state index in [0.717, 1.165) is 15.6 Å². The predicted octanol–water partition coefficient (Wildman–Crippen LogP) is 3.40. The number of hydrogen-bond acceptors (Lipinski definition) is 4. The van der Waals surface area contributed by atoms with Crippen LogP contribution in [0.25, 0.3) is 0 Å². The molecule has 0 radical (unpaired) electrons. The summed E-state index contributed by atoms with van der Waals surface area (Å²) in [4.78, 5) is 24.6. The second-order valence-corrected chi connectivity index (χ2v) is 7.00. The highest BCUT2D eigenvalue weighted by Crippen LogP contribution is 2.37. The molecular formula is C19H18BrNO5. The lowest BCUT2D eigenvalue weighted by Crippen LogP contribution is -2.63. The molecule has 0 aliphatic carbocycles. The van der Waals surface area contributed by atoms with Crippen LogP contribution in [0, 0.1) is 0 Å². The Hall–Kier alpha value is -2.38. The molecule has 1 aliphatic heterocycles. The van der Waals surface area contributed by atoms with Crippen molar-refractivity contribution >= 4 is 28.0 Å². The monoisotopic (exact) mass is 419 g/mol. The van der Waals surface area contributed by atoms with Crippen molar-refractivity contribution < 1.29 is 24.2 Å².